The minimum absolute atomic E-state index is 0.513. The molecule has 2 unspecified atom stereocenters. The second-order valence-corrected chi connectivity index (χ2v) is 14.4. The standard InChI is InChI=1S/C18H20O10P4/c19-30(20,21)27-32(24,25)28-31(22,23)26-29(16-10-4-1-5-11-16,17-12-6-2-7-13-17)18-14-8-3-9-15-18/h1-15,29H,(H,22,23)(H,24,25)(H2,19,20,21). The van der Waals surface area contributed by atoms with Crippen molar-refractivity contribution < 1.29 is 46.2 Å². The molecule has 0 amide bonds. The molecule has 3 aromatic carbocycles. The summed E-state index contributed by atoms with van der Waals surface area (Å²) in [5, 5.41) is 1.54. The maximum absolute atomic E-state index is 12.9. The summed E-state index contributed by atoms with van der Waals surface area (Å²) in [7, 11) is -20.5. The summed E-state index contributed by atoms with van der Waals surface area (Å²) in [5.74, 6) is 0. The summed E-state index contributed by atoms with van der Waals surface area (Å²) >= 11 is 0. The molecule has 0 aliphatic heterocycles. The van der Waals surface area contributed by atoms with Gasteiger partial charge in [0.05, 0.1) is 0 Å². The van der Waals surface area contributed by atoms with Crippen LogP contribution in [0.1, 0.15) is 0 Å². The molecule has 0 aliphatic carbocycles. The van der Waals surface area contributed by atoms with Crippen LogP contribution in [0.3, 0.4) is 0 Å². The van der Waals surface area contributed by atoms with Crippen LogP contribution in [0.15, 0.2) is 91.0 Å². The fourth-order valence-electron chi connectivity index (χ4n) is 3.15. The van der Waals surface area contributed by atoms with E-state index in [1.165, 1.54) is 0 Å². The van der Waals surface area contributed by atoms with E-state index < -0.39 is 31.0 Å². The molecule has 3 rings (SSSR count). The van der Waals surface area contributed by atoms with E-state index in [1.807, 2.05) is 0 Å². The van der Waals surface area contributed by atoms with Crippen LogP contribution < -0.4 is 15.9 Å². The number of hydrogen-bond acceptors (Lipinski definition) is 6. The van der Waals surface area contributed by atoms with Gasteiger partial charge in [-0.2, -0.15) is 0 Å². The summed E-state index contributed by atoms with van der Waals surface area (Å²) in [6, 6.07) is 25.5. The van der Waals surface area contributed by atoms with Crippen molar-refractivity contribution in [1.82, 2.24) is 0 Å². The molecule has 14 heteroatoms. The van der Waals surface area contributed by atoms with E-state index in [1.54, 1.807) is 91.0 Å². The Morgan fingerprint density at radius 1 is 0.531 bits per heavy atom. The van der Waals surface area contributed by atoms with Gasteiger partial charge in [0.2, 0.25) is 0 Å². The van der Waals surface area contributed by atoms with E-state index in [4.69, 9.17) is 14.1 Å². The fourth-order valence-corrected chi connectivity index (χ4v) is 11.7. The molecule has 0 heterocycles. The van der Waals surface area contributed by atoms with Crippen molar-refractivity contribution in [3.05, 3.63) is 91.0 Å². The van der Waals surface area contributed by atoms with Crippen molar-refractivity contribution in [2.45, 2.75) is 0 Å². The molecule has 32 heavy (non-hydrogen) atoms. The molecule has 0 bridgehead atoms. The monoisotopic (exact) mass is 520 g/mol. The molecular formula is C18H20O10P4. The Bertz CT molecular complexity index is 1090. The van der Waals surface area contributed by atoms with Gasteiger partial charge in [0, 0.05) is 0 Å². The predicted molar refractivity (Wildman–Crippen MR) is 121 cm³/mol. The fraction of sp³-hybridized carbons (Fsp3) is 0. The van der Waals surface area contributed by atoms with Crippen molar-refractivity contribution in [2.75, 3.05) is 0 Å². The average molecular weight is 520 g/mol. The third-order valence-electron chi connectivity index (χ3n) is 4.21. The first kappa shape index (κ1) is 25.1. The number of phosphoric acid groups is 3. The average Bonchev–Trinajstić information content (AvgIpc) is 2.71. The molecular weight excluding hydrogens is 500 g/mol. The van der Waals surface area contributed by atoms with Gasteiger partial charge in [-0.25, -0.2) is 0 Å². The van der Waals surface area contributed by atoms with Crippen LogP contribution in [0, 0.1) is 0 Å². The summed E-state index contributed by atoms with van der Waals surface area (Å²) in [4.78, 5) is 37.6. The zero-order valence-electron chi connectivity index (χ0n) is 16.2. The first-order valence-corrected chi connectivity index (χ1v) is 15.4. The van der Waals surface area contributed by atoms with Crippen molar-refractivity contribution in [3.63, 3.8) is 0 Å². The van der Waals surface area contributed by atoms with Crippen LogP contribution in [0.2, 0.25) is 0 Å². The number of benzene rings is 3. The molecule has 2 atom stereocenters. The molecule has 0 aromatic heterocycles. The number of rotatable bonds is 9. The zero-order chi connectivity index (χ0) is 23.5. The van der Waals surface area contributed by atoms with E-state index in [2.05, 4.69) is 8.62 Å². The molecule has 0 radical (unpaired) electrons. The Kier molecular flexibility index (Phi) is 7.68. The van der Waals surface area contributed by atoms with Crippen molar-refractivity contribution >= 4 is 46.9 Å². The van der Waals surface area contributed by atoms with Crippen LogP contribution in [0.5, 0.6) is 0 Å². The van der Waals surface area contributed by atoms with Crippen molar-refractivity contribution in [1.29, 1.82) is 0 Å². The van der Waals surface area contributed by atoms with E-state index in [9.17, 15) is 23.5 Å². The topological polar surface area (TPSA) is 160 Å². The summed E-state index contributed by atoms with van der Waals surface area (Å²) in [6.07, 6.45) is 0. The second-order valence-electron chi connectivity index (χ2n) is 6.46. The van der Waals surface area contributed by atoms with Gasteiger partial charge in [-0.05, 0) is 0 Å². The van der Waals surface area contributed by atoms with Crippen LogP contribution >= 0.6 is 31.0 Å². The molecule has 0 fully saturated rings. The quantitative estimate of drug-likeness (QED) is 0.309. The van der Waals surface area contributed by atoms with E-state index in [0.717, 1.165) is 0 Å². The first-order valence-electron chi connectivity index (χ1n) is 8.95. The van der Waals surface area contributed by atoms with Gasteiger partial charge in [0.1, 0.15) is 0 Å². The van der Waals surface area contributed by atoms with Gasteiger partial charge in [0.15, 0.2) is 0 Å². The molecule has 4 N–H and O–H groups in total. The Morgan fingerprint density at radius 3 is 1.19 bits per heavy atom. The minimum atomic E-state index is -5.68. The zero-order valence-corrected chi connectivity index (χ0v) is 19.9. The summed E-state index contributed by atoms with van der Waals surface area (Å²) in [5.41, 5.74) is 0. The molecule has 0 aliphatic rings. The Morgan fingerprint density at radius 2 is 0.875 bits per heavy atom. The predicted octanol–water partition coefficient (Wildman–Crippen LogP) is 2.97. The van der Waals surface area contributed by atoms with Gasteiger partial charge >= 0.3 is 184 Å². The van der Waals surface area contributed by atoms with Crippen molar-refractivity contribution in [2.24, 2.45) is 0 Å². The van der Waals surface area contributed by atoms with E-state index >= 15 is 0 Å². The third-order valence-corrected chi connectivity index (χ3v) is 13.0. The SMILES string of the molecule is O=P(O)(O)OP(=O)(O)OP(=O)(O)O[PH](c1ccccc1)(c1ccccc1)c1ccccc1. The van der Waals surface area contributed by atoms with Crippen LogP contribution in [0.4, 0.5) is 0 Å². The summed E-state index contributed by atoms with van der Waals surface area (Å²) in [6.45, 7) is 0. The molecule has 10 nitrogen and oxygen atoms in total. The maximum atomic E-state index is 12.9. The number of hydrogen-bond donors (Lipinski definition) is 4. The van der Waals surface area contributed by atoms with Gasteiger partial charge in [-0.1, -0.05) is 0 Å². The normalized spacial score (nSPS) is 16.6. The third kappa shape index (κ3) is 6.30. The van der Waals surface area contributed by atoms with Gasteiger partial charge < -0.3 is 0 Å². The Hall–Kier alpha value is -1.50. The summed E-state index contributed by atoms with van der Waals surface area (Å²) < 4.78 is 49.4. The van der Waals surface area contributed by atoms with Gasteiger partial charge in [-0.3, -0.25) is 0 Å². The molecule has 0 saturated carbocycles. The van der Waals surface area contributed by atoms with Crippen molar-refractivity contribution in [3.8, 4) is 0 Å². The molecule has 0 saturated heterocycles. The first-order chi connectivity index (χ1) is 14.9. The molecule has 3 aromatic rings. The van der Waals surface area contributed by atoms with Crippen LogP contribution in [0.25, 0.3) is 0 Å². The van der Waals surface area contributed by atoms with Crippen LogP contribution in [-0.2, 0) is 26.6 Å². The second kappa shape index (κ2) is 9.78. The van der Waals surface area contributed by atoms with Gasteiger partial charge in [0.25, 0.3) is 0 Å². The molecule has 0 spiro atoms. The molecule has 172 valence electrons. The van der Waals surface area contributed by atoms with E-state index in [0.29, 0.717) is 15.9 Å². The van der Waals surface area contributed by atoms with Crippen LogP contribution in [-0.4, -0.2) is 19.6 Å². The van der Waals surface area contributed by atoms with E-state index in [-0.39, 0.29) is 0 Å². The Balaban J connectivity index is 2.18. The van der Waals surface area contributed by atoms with Gasteiger partial charge in [-0.15, -0.1) is 0 Å². The Labute approximate surface area is 184 Å².